The van der Waals surface area contributed by atoms with Crippen molar-refractivity contribution in [3.05, 3.63) is 65.4 Å². The van der Waals surface area contributed by atoms with Gasteiger partial charge >= 0.3 is 6.18 Å². The lowest BCUT2D eigenvalue weighted by molar-refractivity contribution is -0.137. The monoisotopic (exact) mass is 345 g/mol. The first kappa shape index (κ1) is 15.9. The third-order valence-electron chi connectivity index (χ3n) is 4.42. The van der Waals surface area contributed by atoms with Crippen LogP contribution >= 0.6 is 0 Å². The highest BCUT2D eigenvalue weighted by Gasteiger charge is 2.30. The van der Waals surface area contributed by atoms with Crippen LogP contribution in [0.2, 0.25) is 0 Å². The van der Waals surface area contributed by atoms with Gasteiger partial charge in [-0.2, -0.15) is 13.2 Å². The van der Waals surface area contributed by atoms with Gasteiger partial charge < -0.3 is 9.84 Å². The van der Waals surface area contributed by atoms with Crippen molar-refractivity contribution >= 4 is 10.9 Å². The maximum Gasteiger partial charge on any atom is 0.416 e. The molecule has 0 amide bonds. The van der Waals surface area contributed by atoms with Crippen molar-refractivity contribution in [2.24, 2.45) is 0 Å². The molecule has 6 heteroatoms. The highest BCUT2D eigenvalue weighted by atomic mass is 19.4. The Bertz CT molecular complexity index is 953. The molecule has 25 heavy (non-hydrogen) atoms. The van der Waals surface area contributed by atoms with Crippen molar-refractivity contribution in [3.8, 4) is 11.5 Å². The number of alkyl halides is 3. The van der Waals surface area contributed by atoms with E-state index in [1.54, 1.807) is 12.1 Å². The maximum atomic E-state index is 12.8. The van der Waals surface area contributed by atoms with Gasteiger partial charge in [-0.15, -0.1) is 0 Å². The average molecular weight is 345 g/mol. The summed E-state index contributed by atoms with van der Waals surface area (Å²) in [5.41, 5.74) is 1.42. The zero-order valence-electron chi connectivity index (χ0n) is 13.0. The number of benzene rings is 2. The van der Waals surface area contributed by atoms with Crippen LogP contribution in [-0.4, -0.2) is 10.1 Å². The number of hydrogen-bond acceptors (Lipinski definition) is 3. The molecule has 0 fully saturated rings. The lowest BCUT2D eigenvalue weighted by atomic mass is 10.1. The third kappa shape index (κ3) is 2.93. The van der Waals surface area contributed by atoms with Crippen LogP contribution in [0.5, 0.6) is 11.5 Å². The topological polar surface area (TPSA) is 42.4 Å². The molecule has 0 saturated heterocycles. The summed E-state index contributed by atoms with van der Waals surface area (Å²) in [4.78, 5) is 4.01. The van der Waals surface area contributed by atoms with Gasteiger partial charge in [0, 0.05) is 11.6 Å². The maximum absolute atomic E-state index is 12.8. The van der Waals surface area contributed by atoms with E-state index in [0.717, 1.165) is 29.7 Å². The van der Waals surface area contributed by atoms with Crippen molar-refractivity contribution in [3.63, 3.8) is 0 Å². The predicted molar refractivity (Wildman–Crippen MR) is 86.5 cm³/mol. The molecule has 128 valence electrons. The molecule has 0 unspecified atom stereocenters. The quantitative estimate of drug-likeness (QED) is 0.709. The van der Waals surface area contributed by atoms with Crippen molar-refractivity contribution in [1.29, 1.82) is 0 Å². The van der Waals surface area contributed by atoms with Gasteiger partial charge in [0.05, 0.1) is 17.2 Å². The molecule has 1 N–H and O–H groups in total. The number of nitrogens with zero attached hydrogens (tertiary/aromatic N) is 1. The molecule has 4 rings (SSSR count). The van der Waals surface area contributed by atoms with Crippen LogP contribution in [0.15, 0.2) is 48.7 Å². The Kier molecular flexibility index (Phi) is 3.65. The number of fused-ring (bicyclic) bond motifs is 2. The van der Waals surface area contributed by atoms with Crippen molar-refractivity contribution in [1.82, 2.24) is 4.98 Å². The Morgan fingerprint density at radius 2 is 1.92 bits per heavy atom. The minimum Gasteiger partial charge on any atom is -0.457 e. The van der Waals surface area contributed by atoms with E-state index in [9.17, 15) is 18.3 Å². The van der Waals surface area contributed by atoms with E-state index in [-0.39, 0.29) is 5.52 Å². The van der Waals surface area contributed by atoms with Gasteiger partial charge in [-0.25, -0.2) is 0 Å². The number of pyridine rings is 1. The number of aryl methyl sites for hydroxylation is 1. The Morgan fingerprint density at radius 3 is 2.72 bits per heavy atom. The second-order valence-corrected chi connectivity index (χ2v) is 6.06. The molecule has 2 aromatic carbocycles. The summed E-state index contributed by atoms with van der Waals surface area (Å²) >= 11 is 0. The number of aliphatic hydroxyl groups excluding tert-OH is 1. The largest absolute Gasteiger partial charge is 0.457 e. The molecule has 3 nitrogen and oxygen atoms in total. The van der Waals surface area contributed by atoms with Gasteiger partial charge in [-0.3, -0.25) is 4.98 Å². The van der Waals surface area contributed by atoms with E-state index in [2.05, 4.69) is 4.98 Å². The van der Waals surface area contributed by atoms with E-state index >= 15 is 0 Å². The fraction of sp³-hybridized carbons (Fsp3) is 0.211. The molecule has 3 aromatic rings. The first-order valence-electron chi connectivity index (χ1n) is 7.86. The zero-order valence-corrected chi connectivity index (χ0v) is 13.0. The average Bonchev–Trinajstić information content (AvgIpc) is 2.94. The number of aliphatic hydroxyl groups is 1. The van der Waals surface area contributed by atoms with E-state index in [0.29, 0.717) is 23.3 Å². The van der Waals surface area contributed by atoms with E-state index < -0.39 is 17.8 Å². The van der Waals surface area contributed by atoms with Crippen LogP contribution in [-0.2, 0) is 12.6 Å². The van der Waals surface area contributed by atoms with Gasteiger partial charge in [0.1, 0.15) is 11.5 Å². The smallest absolute Gasteiger partial charge is 0.416 e. The lowest BCUT2D eigenvalue weighted by Gasteiger charge is -2.12. The molecule has 0 radical (unpaired) electrons. The van der Waals surface area contributed by atoms with Crippen LogP contribution in [0.25, 0.3) is 10.9 Å². The van der Waals surface area contributed by atoms with Gasteiger partial charge in [0.25, 0.3) is 0 Å². The minimum atomic E-state index is -4.41. The Hall–Kier alpha value is -2.60. The minimum absolute atomic E-state index is 0.226. The van der Waals surface area contributed by atoms with E-state index in [4.69, 9.17) is 4.74 Å². The summed E-state index contributed by atoms with van der Waals surface area (Å²) in [6, 6.07) is 10.5. The first-order chi connectivity index (χ1) is 11.9. The molecular formula is C19H14F3NO2. The number of ether oxygens (including phenoxy) is 1. The second kappa shape index (κ2) is 5.74. The van der Waals surface area contributed by atoms with E-state index in [1.807, 2.05) is 12.1 Å². The first-order valence-corrected chi connectivity index (χ1v) is 7.86. The number of halogens is 3. The molecule has 1 aliphatic carbocycles. The fourth-order valence-corrected chi connectivity index (χ4v) is 3.15. The summed E-state index contributed by atoms with van der Waals surface area (Å²) in [5, 5.41) is 10.4. The van der Waals surface area contributed by atoms with Crippen molar-refractivity contribution in [2.45, 2.75) is 25.1 Å². The Labute approximate surface area is 141 Å². The van der Waals surface area contributed by atoms with Gasteiger partial charge in [-0.1, -0.05) is 6.07 Å². The molecule has 0 bridgehead atoms. The molecule has 0 saturated carbocycles. The molecular weight excluding hydrogens is 331 g/mol. The van der Waals surface area contributed by atoms with Crippen molar-refractivity contribution < 1.29 is 23.0 Å². The summed E-state index contributed by atoms with van der Waals surface area (Å²) < 4.78 is 44.4. The predicted octanol–water partition coefficient (Wildman–Crippen LogP) is 5.03. The standard InChI is InChI=1S/C19H14F3NO2/c20-19(21,22)12-2-4-15-16(10-12)23-8-7-18(15)25-13-3-5-14-11(9-13)1-6-17(14)24/h2-5,7-10,17,24H,1,6H2/t17-/m0/s1. The molecule has 1 heterocycles. The fourth-order valence-electron chi connectivity index (χ4n) is 3.15. The Balaban J connectivity index is 1.70. The van der Waals surface area contributed by atoms with Gasteiger partial charge in [-0.05, 0) is 60.4 Å². The van der Waals surface area contributed by atoms with E-state index in [1.165, 1.54) is 12.3 Å². The summed E-state index contributed by atoms with van der Waals surface area (Å²) in [5.74, 6) is 1.03. The molecule has 1 aromatic heterocycles. The van der Waals surface area contributed by atoms with Crippen LogP contribution in [0.3, 0.4) is 0 Å². The zero-order chi connectivity index (χ0) is 17.6. The van der Waals surface area contributed by atoms with Gasteiger partial charge in [0.2, 0.25) is 0 Å². The molecule has 0 aliphatic heterocycles. The van der Waals surface area contributed by atoms with Crippen LogP contribution < -0.4 is 4.74 Å². The summed E-state index contributed by atoms with van der Waals surface area (Å²) in [7, 11) is 0. The lowest BCUT2D eigenvalue weighted by Crippen LogP contribution is -2.04. The van der Waals surface area contributed by atoms with Crippen LogP contribution in [0, 0.1) is 0 Å². The Morgan fingerprint density at radius 1 is 1.08 bits per heavy atom. The van der Waals surface area contributed by atoms with Crippen molar-refractivity contribution in [2.75, 3.05) is 0 Å². The molecule has 1 atom stereocenters. The summed E-state index contributed by atoms with van der Waals surface area (Å²) in [6.07, 6.45) is -1.95. The second-order valence-electron chi connectivity index (χ2n) is 6.06. The number of hydrogen-bond donors (Lipinski definition) is 1. The highest BCUT2D eigenvalue weighted by Crippen LogP contribution is 2.37. The van der Waals surface area contributed by atoms with Crippen LogP contribution in [0.1, 0.15) is 29.2 Å². The third-order valence-corrected chi connectivity index (χ3v) is 4.42. The van der Waals surface area contributed by atoms with Crippen LogP contribution in [0.4, 0.5) is 13.2 Å². The van der Waals surface area contributed by atoms with Gasteiger partial charge in [0.15, 0.2) is 0 Å². The molecule has 1 aliphatic rings. The number of aromatic nitrogens is 1. The highest BCUT2D eigenvalue weighted by molar-refractivity contribution is 5.85. The summed E-state index contributed by atoms with van der Waals surface area (Å²) in [6.45, 7) is 0. The molecule has 0 spiro atoms. The normalized spacial score (nSPS) is 16.9. The number of rotatable bonds is 2. The SMILES string of the molecule is O[C@H]1CCc2cc(Oc3ccnc4cc(C(F)(F)F)ccc34)ccc21.